The van der Waals surface area contributed by atoms with Crippen molar-refractivity contribution in [2.45, 2.75) is 0 Å². The number of hydrogen-bond donors (Lipinski definition) is 0. The molecule has 0 bridgehead atoms. The SMILES string of the molecule is Clc1cccc(Cl)c1-c1cc(-c2ccccn2)on1. The summed E-state index contributed by atoms with van der Waals surface area (Å²) in [7, 11) is 0. The van der Waals surface area contributed by atoms with E-state index in [1.165, 1.54) is 0 Å². The van der Waals surface area contributed by atoms with Crippen LogP contribution in [0.3, 0.4) is 0 Å². The van der Waals surface area contributed by atoms with E-state index in [9.17, 15) is 0 Å². The van der Waals surface area contributed by atoms with E-state index in [4.69, 9.17) is 27.7 Å². The second kappa shape index (κ2) is 5.03. The summed E-state index contributed by atoms with van der Waals surface area (Å²) in [5, 5.41) is 5.07. The summed E-state index contributed by atoms with van der Waals surface area (Å²) in [6, 6.07) is 12.6. The Morgan fingerprint density at radius 3 is 2.37 bits per heavy atom. The van der Waals surface area contributed by atoms with Crippen LogP contribution in [-0.2, 0) is 0 Å². The second-order valence-electron chi connectivity index (χ2n) is 3.89. The molecular formula is C14H8Cl2N2O. The molecule has 2 heterocycles. The first-order chi connectivity index (χ1) is 9.25. The predicted molar refractivity (Wildman–Crippen MR) is 75.2 cm³/mol. The Morgan fingerprint density at radius 2 is 1.68 bits per heavy atom. The summed E-state index contributed by atoms with van der Waals surface area (Å²) in [5.74, 6) is 0.576. The van der Waals surface area contributed by atoms with Crippen molar-refractivity contribution in [1.82, 2.24) is 10.1 Å². The Morgan fingerprint density at radius 1 is 0.895 bits per heavy atom. The fourth-order valence-corrected chi connectivity index (χ4v) is 2.36. The van der Waals surface area contributed by atoms with Crippen molar-refractivity contribution in [2.24, 2.45) is 0 Å². The summed E-state index contributed by atoms with van der Waals surface area (Å²) in [6.45, 7) is 0. The van der Waals surface area contributed by atoms with Crippen LogP contribution in [0.4, 0.5) is 0 Å². The van der Waals surface area contributed by atoms with Gasteiger partial charge in [-0.2, -0.15) is 0 Å². The Labute approximate surface area is 119 Å². The Bertz CT molecular complexity index is 690. The molecule has 0 unspecified atom stereocenters. The summed E-state index contributed by atoms with van der Waals surface area (Å²) >= 11 is 12.3. The van der Waals surface area contributed by atoms with E-state index in [2.05, 4.69) is 10.1 Å². The van der Waals surface area contributed by atoms with Crippen molar-refractivity contribution in [3.05, 3.63) is 58.7 Å². The molecule has 5 heteroatoms. The molecule has 0 aliphatic carbocycles. The smallest absolute Gasteiger partial charge is 0.185 e. The molecule has 94 valence electrons. The molecule has 19 heavy (non-hydrogen) atoms. The first-order valence-electron chi connectivity index (χ1n) is 5.58. The molecule has 0 N–H and O–H groups in total. The fraction of sp³-hybridized carbons (Fsp3) is 0. The van der Waals surface area contributed by atoms with Gasteiger partial charge in [-0.25, -0.2) is 0 Å². The number of pyridine rings is 1. The average Bonchev–Trinajstić information content (AvgIpc) is 2.89. The highest BCUT2D eigenvalue weighted by Gasteiger charge is 2.14. The van der Waals surface area contributed by atoms with Gasteiger partial charge < -0.3 is 4.52 Å². The third-order valence-electron chi connectivity index (χ3n) is 2.65. The number of halogens is 2. The highest BCUT2D eigenvalue weighted by atomic mass is 35.5. The van der Waals surface area contributed by atoms with Gasteiger partial charge in [-0.15, -0.1) is 0 Å². The summed E-state index contributed by atoms with van der Waals surface area (Å²) < 4.78 is 5.29. The summed E-state index contributed by atoms with van der Waals surface area (Å²) in [5.41, 5.74) is 1.97. The lowest BCUT2D eigenvalue weighted by molar-refractivity contribution is 0.433. The first-order valence-corrected chi connectivity index (χ1v) is 6.34. The Balaban J connectivity index is 2.07. The minimum Gasteiger partial charge on any atom is -0.354 e. The van der Waals surface area contributed by atoms with Crippen LogP contribution in [0.5, 0.6) is 0 Å². The minimum atomic E-state index is 0.536. The first kappa shape index (κ1) is 12.2. The van der Waals surface area contributed by atoms with Crippen LogP contribution in [0.2, 0.25) is 10.0 Å². The summed E-state index contributed by atoms with van der Waals surface area (Å²) in [4.78, 5) is 4.20. The lowest BCUT2D eigenvalue weighted by Crippen LogP contribution is -1.80. The molecule has 0 saturated carbocycles. The highest BCUT2D eigenvalue weighted by molar-refractivity contribution is 6.39. The zero-order chi connectivity index (χ0) is 13.2. The lowest BCUT2D eigenvalue weighted by Gasteiger charge is -2.01. The van der Waals surface area contributed by atoms with E-state index in [-0.39, 0.29) is 0 Å². The van der Waals surface area contributed by atoms with E-state index in [0.29, 0.717) is 32.8 Å². The molecule has 0 radical (unpaired) electrons. The Kier molecular flexibility index (Phi) is 3.23. The van der Waals surface area contributed by atoms with E-state index in [0.717, 1.165) is 0 Å². The average molecular weight is 291 g/mol. The van der Waals surface area contributed by atoms with Gasteiger partial charge in [0.25, 0.3) is 0 Å². The van der Waals surface area contributed by atoms with Crippen LogP contribution < -0.4 is 0 Å². The quantitative estimate of drug-likeness (QED) is 0.686. The number of aromatic nitrogens is 2. The van der Waals surface area contributed by atoms with Crippen LogP contribution in [0.25, 0.3) is 22.7 Å². The van der Waals surface area contributed by atoms with Gasteiger partial charge in [-0.05, 0) is 24.3 Å². The lowest BCUT2D eigenvalue weighted by atomic mass is 10.1. The van der Waals surface area contributed by atoms with Gasteiger partial charge in [0.1, 0.15) is 11.4 Å². The highest BCUT2D eigenvalue weighted by Crippen LogP contribution is 2.35. The zero-order valence-corrected chi connectivity index (χ0v) is 11.2. The van der Waals surface area contributed by atoms with Gasteiger partial charge in [0.2, 0.25) is 0 Å². The van der Waals surface area contributed by atoms with Crippen molar-refractivity contribution in [2.75, 3.05) is 0 Å². The molecular weight excluding hydrogens is 283 g/mol. The molecule has 1 aromatic carbocycles. The van der Waals surface area contributed by atoms with Gasteiger partial charge in [-0.1, -0.05) is 40.5 Å². The molecule has 2 aromatic heterocycles. The molecule has 3 nitrogen and oxygen atoms in total. The van der Waals surface area contributed by atoms with E-state index < -0.39 is 0 Å². The molecule has 3 rings (SSSR count). The number of nitrogens with zero attached hydrogens (tertiary/aromatic N) is 2. The van der Waals surface area contributed by atoms with E-state index >= 15 is 0 Å². The van der Waals surface area contributed by atoms with Gasteiger partial charge in [0.05, 0.1) is 10.0 Å². The van der Waals surface area contributed by atoms with Crippen LogP contribution >= 0.6 is 23.2 Å². The van der Waals surface area contributed by atoms with Gasteiger partial charge in [0.15, 0.2) is 5.76 Å². The summed E-state index contributed by atoms with van der Waals surface area (Å²) in [6.07, 6.45) is 1.69. The molecule has 0 aliphatic heterocycles. The minimum absolute atomic E-state index is 0.536. The molecule has 0 amide bonds. The maximum atomic E-state index is 6.14. The van der Waals surface area contributed by atoms with Crippen LogP contribution in [0.1, 0.15) is 0 Å². The van der Waals surface area contributed by atoms with Crippen LogP contribution in [-0.4, -0.2) is 10.1 Å². The van der Waals surface area contributed by atoms with Gasteiger partial charge in [0, 0.05) is 17.8 Å². The molecule has 0 fully saturated rings. The standard InChI is InChI=1S/C14H8Cl2N2O/c15-9-4-3-5-10(16)14(9)12-8-13(19-18-12)11-6-1-2-7-17-11/h1-8H. The van der Waals surface area contributed by atoms with Gasteiger partial charge >= 0.3 is 0 Å². The van der Waals surface area contributed by atoms with Crippen LogP contribution in [0.15, 0.2) is 53.2 Å². The molecule has 0 spiro atoms. The van der Waals surface area contributed by atoms with E-state index in [1.54, 1.807) is 30.5 Å². The number of rotatable bonds is 2. The number of benzene rings is 1. The molecule has 0 aliphatic rings. The van der Waals surface area contributed by atoms with Crippen molar-refractivity contribution >= 4 is 23.2 Å². The van der Waals surface area contributed by atoms with E-state index in [1.807, 2.05) is 18.2 Å². The second-order valence-corrected chi connectivity index (χ2v) is 4.70. The Hall–Kier alpha value is -1.84. The zero-order valence-electron chi connectivity index (χ0n) is 9.68. The van der Waals surface area contributed by atoms with Crippen molar-refractivity contribution in [3.63, 3.8) is 0 Å². The van der Waals surface area contributed by atoms with Crippen LogP contribution in [0, 0.1) is 0 Å². The maximum Gasteiger partial charge on any atom is 0.185 e. The van der Waals surface area contributed by atoms with Crippen molar-refractivity contribution < 1.29 is 4.52 Å². The number of hydrogen-bond acceptors (Lipinski definition) is 3. The van der Waals surface area contributed by atoms with Crippen molar-refractivity contribution in [1.29, 1.82) is 0 Å². The van der Waals surface area contributed by atoms with Crippen molar-refractivity contribution in [3.8, 4) is 22.7 Å². The predicted octanol–water partition coefficient (Wildman–Crippen LogP) is 4.71. The molecule has 0 saturated heterocycles. The largest absolute Gasteiger partial charge is 0.354 e. The molecule has 3 aromatic rings. The third-order valence-corrected chi connectivity index (χ3v) is 3.28. The topological polar surface area (TPSA) is 38.9 Å². The molecule has 0 atom stereocenters. The maximum absolute atomic E-state index is 6.14. The monoisotopic (exact) mass is 290 g/mol. The van der Waals surface area contributed by atoms with Gasteiger partial charge in [-0.3, -0.25) is 4.98 Å². The normalized spacial score (nSPS) is 10.6. The third kappa shape index (κ3) is 2.35. The fourth-order valence-electron chi connectivity index (χ4n) is 1.76.